The van der Waals surface area contributed by atoms with Gasteiger partial charge in [-0.05, 0) is 37.5 Å². The highest BCUT2D eigenvalue weighted by Gasteiger charge is 2.24. The van der Waals surface area contributed by atoms with Crippen LogP contribution in [0.3, 0.4) is 0 Å². The lowest BCUT2D eigenvalue weighted by Gasteiger charge is -2.34. The van der Waals surface area contributed by atoms with Crippen molar-refractivity contribution in [1.29, 1.82) is 0 Å². The van der Waals surface area contributed by atoms with E-state index in [0.717, 1.165) is 63.4 Å². The van der Waals surface area contributed by atoms with Crippen LogP contribution in [0.25, 0.3) is 0 Å². The van der Waals surface area contributed by atoms with Gasteiger partial charge in [0, 0.05) is 39.3 Å². The second-order valence-corrected chi connectivity index (χ2v) is 7.66. The molecule has 0 bridgehead atoms. The minimum Gasteiger partial charge on any atom is -0.492 e. The fourth-order valence-corrected chi connectivity index (χ4v) is 3.69. The molecule has 2 fully saturated rings. The van der Waals surface area contributed by atoms with Crippen LogP contribution >= 0.6 is 0 Å². The van der Waals surface area contributed by atoms with Crippen LogP contribution < -0.4 is 10.1 Å². The molecule has 0 spiro atoms. The molecule has 2 aliphatic heterocycles. The molecule has 7 heteroatoms. The average molecular weight is 389 g/mol. The van der Waals surface area contributed by atoms with E-state index < -0.39 is 0 Å². The number of likely N-dealkylation sites (tertiary alicyclic amines) is 1. The maximum atomic E-state index is 12.2. The molecule has 0 aliphatic carbocycles. The Labute approximate surface area is 167 Å². The third-order valence-electron chi connectivity index (χ3n) is 5.33. The second kappa shape index (κ2) is 10.4. The van der Waals surface area contributed by atoms with Crippen molar-refractivity contribution < 1.29 is 14.3 Å². The maximum absolute atomic E-state index is 12.2. The second-order valence-electron chi connectivity index (χ2n) is 7.66. The number of carbonyl (C=O) groups is 2. The third-order valence-corrected chi connectivity index (χ3v) is 5.33. The van der Waals surface area contributed by atoms with Crippen molar-refractivity contribution in [2.75, 3.05) is 65.5 Å². The zero-order chi connectivity index (χ0) is 19.8. The Kier molecular flexibility index (Phi) is 7.68. The molecule has 0 radical (unpaired) electrons. The zero-order valence-corrected chi connectivity index (χ0v) is 16.9. The molecule has 1 aromatic carbocycles. The number of rotatable bonds is 8. The van der Waals surface area contributed by atoms with E-state index in [4.69, 9.17) is 4.74 Å². The molecule has 2 saturated heterocycles. The highest BCUT2D eigenvalue weighted by atomic mass is 16.5. The summed E-state index contributed by atoms with van der Waals surface area (Å²) in [7, 11) is 0. The van der Waals surface area contributed by atoms with Gasteiger partial charge in [-0.3, -0.25) is 19.4 Å². The van der Waals surface area contributed by atoms with E-state index in [1.165, 1.54) is 0 Å². The lowest BCUT2D eigenvalue weighted by molar-refractivity contribution is -0.132. The predicted molar refractivity (Wildman–Crippen MR) is 108 cm³/mol. The predicted octanol–water partition coefficient (Wildman–Crippen LogP) is 0.730. The highest BCUT2D eigenvalue weighted by Crippen LogP contribution is 2.12. The minimum atomic E-state index is 0.0226. The number of nitrogens with one attached hydrogen (secondary N) is 1. The fraction of sp³-hybridized carbons (Fsp3) is 0.619. The summed E-state index contributed by atoms with van der Waals surface area (Å²) < 4.78 is 5.65. The first-order valence-electron chi connectivity index (χ1n) is 10.3. The quantitative estimate of drug-likeness (QED) is 0.665. The molecule has 0 unspecified atom stereocenters. The van der Waals surface area contributed by atoms with Gasteiger partial charge >= 0.3 is 0 Å². The van der Waals surface area contributed by atoms with Crippen molar-refractivity contribution in [2.45, 2.75) is 19.8 Å². The average Bonchev–Trinajstić information content (AvgIpc) is 3.22. The van der Waals surface area contributed by atoms with E-state index in [1.807, 2.05) is 36.1 Å². The van der Waals surface area contributed by atoms with Crippen LogP contribution in [0.5, 0.6) is 5.75 Å². The van der Waals surface area contributed by atoms with Gasteiger partial charge in [-0.2, -0.15) is 0 Å². The lowest BCUT2D eigenvalue weighted by Crippen LogP contribution is -2.51. The number of aryl methyl sites for hydroxylation is 1. The van der Waals surface area contributed by atoms with Gasteiger partial charge in [-0.15, -0.1) is 0 Å². The number of ether oxygens (including phenoxy) is 1. The third kappa shape index (κ3) is 6.49. The molecule has 2 amide bonds. The summed E-state index contributed by atoms with van der Waals surface area (Å²) in [5.74, 6) is 1.10. The number of piperazine rings is 1. The number of hydrogen-bond donors (Lipinski definition) is 1. The first kappa shape index (κ1) is 20.6. The van der Waals surface area contributed by atoms with Gasteiger partial charge in [-0.1, -0.05) is 12.1 Å². The Morgan fingerprint density at radius 2 is 1.68 bits per heavy atom. The summed E-state index contributed by atoms with van der Waals surface area (Å²) in [6, 6.07) is 7.89. The van der Waals surface area contributed by atoms with Gasteiger partial charge < -0.3 is 15.0 Å². The molecule has 1 N–H and O–H groups in total. The molecule has 2 aliphatic rings. The van der Waals surface area contributed by atoms with E-state index >= 15 is 0 Å². The normalized spacial score (nSPS) is 18.2. The molecule has 28 heavy (non-hydrogen) atoms. The van der Waals surface area contributed by atoms with E-state index in [0.29, 0.717) is 26.2 Å². The molecule has 2 heterocycles. The number of amides is 2. The molecule has 0 aromatic heterocycles. The van der Waals surface area contributed by atoms with Gasteiger partial charge in [0.15, 0.2) is 0 Å². The summed E-state index contributed by atoms with van der Waals surface area (Å²) in [4.78, 5) is 30.7. The van der Waals surface area contributed by atoms with Crippen LogP contribution in [-0.2, 0) is 9.59 Å². The molecule has 154 valence electrons. The van der Waals surface area contributed by atoms with Crippen molar-refractivity contribution >= 4 is 11.8 Å². The smallest absolute Gasteiger partial charge is 0.236 e. The number of hydrogen-bond acceptors (Lipinski definition) is 5. The minimum absolute atomic E-state index is 0.0226. The van der Waals surface area contributed by atoms with Crippen LogP contribution in [0.1, 0.15) is 18.4 Å². The van der Waals surface area contributed by atoms with E-state index in [9.17, 15) is 9.59 Å². The van der Waals surface area contributed by atoms with Crippen molar-refractivity contribution in [3.05, 3.63) is 29.8 Å². The first-order valence-corrected chi connectivity index (χ1v) is 10.3. The van der Waals surface area contributed by atoms with E-state index in [-0.39, 0.29) is 11.8 Å². The van der Waals surface area contributed by atoms with Gasteiger partial charge in [-0.25, -0.2) is 0 Å². The van der Waals surface area contributed by atoms with Crippen molar-refractivity contribution in [2.24, 2.45) is 0 Å². The van der Waals surface area contributed by atoms with Crippen LogP contribution in [0.2, 0.25) is 0 Å². The Morgan fingerprint density at radius 1 is 1.00 bits per heavy atom. The summed E-state index contributed by atoms with van der Waals surface area (Å²) >= 11 is 0. The van der Waals surface area contributed by atoms with Crippen LogP contribution in [-0.4, -0.2) is 92.0 Å². The molecule has 0 saturated carbocycles. The molecular formula is C21H32N4O3. The van der Waals surface area contributed by atoms with Gasteiger partial charge in [0.1, 0.15) is 12.4 Å². The molecule has 7 nitrogen and oxygen atoms in total. The zero-order valence-electron chi connectivity index (χ0n) is 16.9. The SMILES string of the molecule is Cc1cccc(OCCNC(=O)CN2CCN(CC(=O)N3CCCC3)CC2)c1. The molecule has 1 aromatic rings. The summed E-state index contributed by atoms with van der Waals surface area (Å²) in [6.07, 6.45) is 2.26. The molecule has 3 rings (SSSR count). The fourth-order valence-electron chi connectivity index (χ4n) is 3.69. The standard InChI is InChI=1S/C21H32N4O3/c1-18-5-4-6-19(15-18)28-14-7-22-20(26)16-23-10-12-24(13-11-23)17-21(27)25-8-2-3-9-25/h4-6,15H,2-3,7-14,16-17H2,1H3,(H,22,26). The summed E-state index contributed by atoms with van der Waals surface area (Å²) in [6.45, 7) is 9.02. The van der Waals surface area contributed by atoms with Gasteiger partial charge in [0.25, 0.3) is 0 Å². The molecular weight excluding hydrogens is 356 g/mol. The van der Waals surface area contributed by atoms with Crippen molar-refractivity contribution in [1.82, 2.24) is 20.0 Å². The number of carbonyl (C=O) groups excluding carboxylic acids is 2. The van der Waals surface area contributed by atoms with Crippen LogP contribution in [0.4, 0.5) is 0 Å². The van der Waals surface area contributed by atoms with Crippen LogP contribution in [0, 0.1) is 6.92 Å². The van der Waals surface area contributed by atoms with Crippen LogP contribution in [0.15, 0.2) is 24.3 Å². The first-order chi connectivity index (χ1) is 13.6. The van der Waals surface area contributed by atoms with E-state index in [2.05, 4.69) is 15.1 Å². The molecule has 0 atom stereocenters. The Bertz CT molecular complexity index is 653. The van der Waals surface area contributed by atoms with Crippen molar-refractivity contribution in [3.8, 4) is 5.75 Å². The number of nitrogens with zero attached hydrogens (tertiary/aromatic N) is 3. The lowest BCUT2D eigenvalue weighted by atomic mass is 10.2. The van der Waals surface area contributed by atoms with Gasteiger partial charge in [0.05, 0.1) is 19.6 Å². The van der Waals surface area contributed by atoms with Gasteiger partial charge in [0.2, 0.25) is 11.8 Å². The summed E-state index contributed by atoms with van der Waals surface area (Å²) in [5.41, 5.74) is 1.16. The maximum Gasteiger partial charge on any atom is 0.236 e. The Hall–Kier alpha value is -2.12. The van der Waals surface area contributed by atoms with E-state index in [1.54, 1.807) is 0 Å². The number of benzene rings is 1. The Morgan fingerprint density at radius 3 is 2.36 bits per heavy atom. The van der Waals surface area contributed by atoms with Crippen molar-refractivity contribution in [3.63, 3.8) is 0 Å². The Balaban J connectivity index is 1.26. The largest absolute Gasteiger partial charge is 0.492 e. The monoisotopic (exact) mass is 388 g/mol. The highest BCUT2D eigenvalue weighted by molar-refractivity contribution is 5.79. The topological polar surface area (TPSA) is 65.1 Å². The summed E-state index contributed by atoms with van der Waals surface area (Å²) in [5, 5.41) is 2.92.